The maximum Gasteiger partial charge on any atom is 0.191 e. The van der Waals surface area contributed by atoms with Crippen LogP contribution < -0.4 is 15.5 Å². The molecule has 2 aliphatic rings. The van der Waals surface area contributed by atoms with Crippen LogP contribution in [0, 0.1) is 6.92 Å². The zero-order valence-corrected chi connectivity index (χ0v) is 22.0. The zero-order chi connectivity index (χ0) is 21.4. The van der Waals surface area contributed by atoms with Crippen molar-refractivity contribution in [2.75, 3.05) is 62.2 Å². The number of nitrogens with zero attached hydrogens (tertiary/aromatic N) is 3. The Hall–Kier alpha value is -1.07. The molecule has 31 heavy (non-hydrogen) atoms. The molecule has 2 fully saturated rings. The van der Waals surface area contributed by atoms with Crippen LogP contribution in [0.4, 0.5) is 5.69 Å². The van der Waals surface area contributed by atoms with Crippen molar-refractivity contribution >= 4 is 45.5 Å². The van der Waals surface area contributed by atoms with E-state index in [1.54, 1.807) is 0 Å². The summed E-state index contributed by atoms with van der Waals surface area (Å²) in [5.41, 5.74) is 2.65. The molecule has 0 aromatic heterocycles. The smallest absolute Gasteiger partial charge is 0.191 e. The largest absolute Gasteiger partial charge is 0.369 e. The highest BCUT2D eigenvalue weighted by Crippen LogP contribution is 2.18. The van der Waals surface area contributed by atoms with E-state index >= 15 is 0 Å². The van der Waals surface area contributed by atoms with E-state index < -0.39 is 9.84 Å². The number of halogens is 1. The summed E-state index contributed by atoms with van der Waals surface area (Å²) < 4.78 is 23.3. The summed E-state index contributed by atoms with van der Waals surface area (Å²) in [4.78, 5) is 9.66. The summed E-state index contributed by atoms with van der Waals surface area (Å²) in [6.45, 7) is 11.2. The van der Waals surface area contributed by atoms with Crippen molar-refractivity contribution in [3.8, 4) is 0 Å². The summed E-state index contributed by atoms with van der Waals surface area (Å²) in [6.07, 6.45) is 2.84. The Morgan fingerprint density at radius 2 is 1.97 bits per heavy atom. The lowest BCUT2D eigenvalue weighted by atomic mass is 10.2. The molecule has 0 radical (unpaired) electrons. The number of nitrogens with one attached hydrogen (secondary N) is 2. The normalized spacial score (nSPS) is 21.5. The molecule has 1 aromatic carbocycles. The first kappa shape index (κ1) is 26.2. The summed E-state index contributed by atoms with van der Waals surface area (Å²) in [5, 5.41) is 6.51. The number of sulfone groups is 1. The number of aryl methyl sites for hydroxylation is 1. The molecule has 0 bridgehead atoms. The van der Waals surface area contributed by atoms with E-state index in [9.17, 15) is 8.42 Å². The van der Waals surface area contributed by atoms with E-state index in [2.05, 4.69) is 56.6 Å². The Bertz CT molecular complexity index is 810. The number of hydrogen-bond acceptors (Lipinski definition) is 5. The van der Waals surface area contributed by atoms with Crippen molar-refractivity contribution in [3.63, 3.8) is 0 Å². The topological polar surface area (TPSA) is 77.0 Å². The first-order valence-corrected chi connectivity index (χ1v) is 13.1. The van der Waals surface area contributed by atoms with Gasteiger partial charge in [0.25, 0.3) is 0 Å². The van der Waals surface area contributed by atoms with Gasteiger partial charge in [-0.1, -0.05) is 12.1 Å². The number of hydrogen-bond donors (Lipinski definition) is 2. The van der Waals surface area contributed by atoms with E-state index in [1.807, 2.05) is 6.92 Å². The lowest BCUT2D eigenvalue weighted by Gasteiger charge is -2.36. The van der Waals surface area contributed by atoms with Crippen LogP contribution in [-0.2, 0) is 9.84 Å². The molecular weight excluding hydrogens is 525 g/mol. The minimum absolute atomic E-state index is 0. The Morgan fingerprint density at radius 3 is 2.61 bits per heavy atom. The highest BCUT2D eigenvalue weighted by molar-refractivity contribution is 14.0. The van der Waals surface area contributed by atoms with Crippen LogP contribution >= 0.6 is 24.0 Å². The fourth-order valence-corrected chi connectivity index (χ4v) is 5.79. The fourth-order valence-electron chi connectivity index (χ4n) is 4.11. The molecule has 0 saturated carbocycles. The van der Waals surface area contributed by atoms with Gasteiger partial charge in [0.15, 0.2) is 15.8 Å². The van der Waals surface area contributed by atoms with Gasteiger partial charge < -0.3 is 15.5 Å². The molecular formula is C22H38IN5O2S. The van der Waals surface area contributed by atoms with Crippen molar-refractivity contribution < 1.29 is 8.42 Å². The standard InChI is InChI=1S/C22H37N5O2S.HI/c1-3-23-22(25-20-9-16-30(28,29)18-20)24-10-4-5-11-26-12-14-27(15-13-26)21-8-6-7-19(2)17-21;/h6-8,17,20H,3-5,9-16,18H2,1-2H3,(H2,23,24,25);1H. The molecule has 1 aromatic rings. The van der Waals surface area contributed by atoms with Gasteiger partial charge in [0, 0.05) is 51.0 Å². The number of piperazine rings is 1. The number of guanidine groups is 1. The van der Waals surface area contributed by atoms with E-state index in [1.165, 1.54) is 11.3 Å². The number of unbranched alkanes of at least 4 members (excludes halogenated alkanes) is 1. The molecule has 3 rings (SSSR count). The minimum Gasteiger partial charge on any atom is -0.369 e. The third-order valence-corrected chi connectivity index (χ3v) is 7.58. The maximum absolute atomic E-state index is 11.6. The van der Waals surface area contributed by atoms with Gasteiger partial charge in [-0.15, -0.1) is 24.0 Å². The van der Waals surface area contributed by atoms with Gasteiger partial charge in [0.1, 0.15) is 0 Å². The maximum atomic E-state index is 11.6. The van der Waals surface area contributed by atoms with Crippen molar-refractivity contribution in [1.29, 1.82) is 0 Å². The van der Waals surface area contributed by atoms with E-state index in [0.717, 1.165) is 64.6 Å². The van der Waals surface area contributed by atoms with Gasteiger partial charge in [-0.25, -0.2) is 8.42 Å². The molecule has 2 aliphatic heterocycles. The molecule has 0 spiro atoms. The molecule has 1 atom stereocenters. The SMILES string of the molecule is CCNC(=NCCCCN1CCN(c2cccc(C)c2)CC1)NC1CCS(=O)(=O)C1.I. The van der Waals surface area contributed by atoms with Gasteiger partial charge >= 0.3 is 0 Å². The van der Waals surface area contributed by atoms with Gasteiger partial charge in [0.05, 0.1) is 11.5 Å². The first-order chi connectivity index (χ1) is 14.4. The highest BCUT2D eigenvalue weighted by Gasteiger charge is 2.28. The molecule has 2 N–H and O–H groups in total. The second kappa shape index (κ2) is 12.8. The monoisotopic (exact) mass is 563 g/mol. The predicted molar refractivity (Wildman–Crippen MR) is 141 cm³/mol. The molecule has 2 heterocycles. The van der Waals surface area contributed by atoms with Crippen LogP contribution in [0.5, 0.6) is 0 Å². The number of benzene rings is 1. The van der Waals surface area contributed by atoms with Crippen LogP contribution in [-0.4, -0.2) is 82.6 Å². The molecule has 7 nitrogen and oxygen atoms in total. The molecule has 1 unspecified atom stereocenters. The van der Waals surface area contributed by atoms with Gasteiger partial charge in [-0.3, -0.25) is 9.89 Å². The molecule has 0 amide bonds. The third kappa shape index (κ3) is 8.76. The van der Waals surface area contributed by atoms with Crippen LogP contribution in [0.2, 0.25) is 0 Å². The van der Waals surface area contributed by atoms with Gasteiger partial charge in [-0.2, -0.15) is 0 Å². The van der Waals surface area contributed by atoms with E-state index in [4.69, 9.17) is 0 Å². The second-order valence-electron chi connectivity index (χ2n) is 8.38. The molecule has 2 saturated heterocycles. The van der Waals surface area contributed by atoms with Crippen molar-refractivity contribution in [1.82, 2.24) is 15.5 Å². The van der Waals surface area contributed by atoms with Crippen LogP contribution in [0.1, 0.15) is 31.7 Å². The Labute approximate surface area is 205 Å². The van der Waals surface area contributed by atoms with Crippen molar-refractivity contribution in [3.05, 3.63) is 29.8 Å². The number of aliphatic imine (C=N–C) groups is 1. The Kier molecular flexibility index (Phi) is 10.8. The lowest BCUT2D eigenvalue weighted by Crippen LogP contribution is -2.46. The molecule has 0 aliphatic carbocycles. The summed E-state index contributed by atoms with van der Waals surface area (Å²) in [6, 6.07) is 8.74. The zero-order valence-electron chi connectivity index (χ0n) is 18.8. The molecule has 176 valence electrons. The van der Waals surface area contributed by atoms with E-state index in [0.29, 0.717) is 6.42 Å². The first-order valence-electron chi connectivity index (χ1n) is 11.2. The van der Waals surface area contributed by atoms with Gasteiger partial charge in [0.2, 0.25) is 0 Å². The summed E-state index contributed by atoms with van der Waals surface area (Å²) in [5.74, 6) is 1.24. The fraction of sp³-hybridized carbons (Fsp3) is 0.682. The number of anilines is 1. The quantitative estimate of drug-likeness (QED) is 0.219. The summed E-state index contributed by atoms with van der Waals surface area (Å²) >= 11 is 0. The Balaban J connectivity index is 0.00000341. The highest BCUT2D eigenvalue weighted by atomic mass is 127. The van der Waals surface area contributed by atoms with Crippen LogP contribution in [0.3, 0.4) is 0 Å². The average molecular weight is 564 g/mol. The lowest BCUT2D eigenvalue weighted by molar-refractivity contribution is 0.253. The third-order valence-electron chi connectivity index (χ3n) is 5.81. The van der Waals surface area contributed by atoms with Crippen LogP contribution in [0.15, 0.2) is 29.3 Å². The van der Waals surface area contributed by atoms with Crippen molar-refractivity contribution in [2.45, 2.75) is 39.2 Å². The molecule has 9 heteroatoms. The summed E-state index contributed by atoms with van der Waals surface area (Å²) in [7, 11) is -2.88. The predicted octanol–water partition coefficient (Wildman–Crippen LogP) is 2.26. The van der Waals surface area contributed by atoms with Crippen molar-refractivity contribution in [2.24, 2.45) is 4.99 Å². The minimum atomic E-state index is -2.88. The van der Waals surface area contributed by atoms with E-state index in [-0.39, 0.29) is 41.5 Å². The van der Waals surface area contributed by atoms with Crippen LogP contribution in [0.25, 0.3) is 0 Å². The average Bonchev–Trinajstić information content (AvgIpc) is 3.06. The Morgan fingerprint density at radius 1 is 1.19 bits per heavy atom. The van der Waals surface area contributed by atoms with Gasteiger partial charge in [-0.05, 0) is 57.4 Å². The second-order valence-corrected chi connectivity index (χ2v) is 10.6. The number of rotatable bonds is 8.